The van der Waals surface area contributed by atoms with Crippen LogP contribution in [0.1, 0.15) is 53.8 Å². The van der Waals surface area contributed by atoms with Crippen LogP contribution in [0, 0.1) is 6.92 Å². The van der Waals surface area contributed by atoms with Gasteiger partial charge in [0, 0.05) is 6.54 Å². The van der Waals surface area contributed by atoms with Gasteiger partial charge < -0.3 is 14.5 Å². The molecular formula is C19H23NO3. The van der Waals surface area contributed by atoms with Gasteiger partial charge in [-0.15, -0.1) is 0 Å². The quantitative estimate of drug-likeness (QED) is 0.898. The molecule has 0 aliphatic heterocycles. The second kappa shape index (κ2) is 7.36. The van der Waals surface area contributed by atoms with Gasteiger partial charge in [-0.1, -0.05) is 18.6 Å². The molecule has 1 saturated carbocycles. The standard InChI is InChI=1S/C19H23NO3/c1-14-18(10-11-22-14)19(21)20-13-15-6-5-9-17(12-15)23-16-7-3-2-4-8-16/h5-6,9-12,16H,2-4,7-8,13H2,1H3,(H,20,21). The Kier molecular flexibility index (Phi) is 5.01. The van der Waals surface area contributed by atoms with Crippen LogP contribution in [0.2, 0.25) is 0 Å². The fraction of sp³-hybridized carbons (Fsp3) is 0.421. The highest BCUT2D eigenvalue weighted by Gasteiger charge is 2.15. The molecule has 1 aromatic carbocycles. The first-order valence-corrected chi connectivity index (χ1v) is 8.30. The molecule has 1 N–H and O–H groups in total. The monoisotopic (exact) mass is 313 g/mol. The van der Waals surface area contributed by atoms with E-state index in [4.69, 9.17) is 9.15 Å². The number of aryl methyl sites for hydroxylation is 1. The van der Waals surface area contributed by atoms with Crippen LogP contribution >= 0.6 is 0 Å². The first kappa shape index (κ1) is 15.7. The van der Waals surface area contributed by atoms with Crippen LogP contribution < -0.4 is 10.1 Å². The van der Waals surface area contributed by atoms with Gasteiger partial charge in [0.05, 0.1) is 17.9 Å². The van der Waals surface area contributed by atoms with E-state index in [2.05, 4.69) is 5.32 Å². The van der Waals surface area contributed by atoms with Gasteiger partial charge in [-0.05, 0) is 56.4 Å². The number of carbonyl (C=O) groups is 1. The van der Waals surface area contributed by atoms with Crippen molar-refractivity contribution in [2.75, 3.05) is 0 Å². The molecule has 4 nitrogen and oxygen atoms in total. The van der Waals surface area contributed by atoms with Crippen LogP contribution in [0.25, 0.3) is 0 Å². The van der Waals surface area contributed by atoms with Crippen LogP contribution in [0.3, 0.4) is 0 Å². The van der Waals surface area contributed by atoms with Crippen molar-refractivity contribution in [2.24, 2.45) is 0 Å². The van der Waals surface area contributed by atoms with E-state index in [0.717, 1.165) is 24.2 Å². The Bertz CT molecular complexity index is 656. The van der Waals surface area contributed by atoms with Gasteiger partial charge >= 0.3 is 0 Å². The Morgan fingerprint density at radius 1 is 1.26 bits per heavy atom. The SMILES string of the molecule is Cc1occc1C(=O)NCc1cccc(OC2CCCCC2)c1. The minimum atomic E-state index is -0.116. The molecule has 1 heterocycles. The van der Waals surface area contributed by atoms with Gasteiger partial charge in [-0.3, -0.25) is 4.79 Å². The van der Waals surface area contributed by atoms with Crippen LogP contribution in [-0.2, 0) is 6.54 Å². The number of ether oxygens (including phenoxy) is 1. The third kappa shape index (κ3) is 4.15. The maximum absolute atomic E-state index is 12.1. The highest BCUT2D eigenvalue weighted by Crippen LogP contribution is 2.24. The molecule has 0 spiro atoms. The van der Waals surface area contributed by atoms with Crippen molar-refractivity contribution in [3.8, 4) is 5.75 Å². The molecular weight excluding hydrogens is 290 g/mol. The molecule has 122 valence electrons. The van der Waals surface area contributed by atoms with Crippen molar-refractivity contribution in [1.82, 2.24) is 5.32 Å². The molecule has 0 radical (unpaired) electrons. The zero-order valence-electron chi connectivity index (χ0n) is 13.5. The van der Waals surface area contributed by atoms with Crippen molar-refractivity contribution in [2.45, 2.75) is 51.7 Å². The number of nitrogens with one attached hydrogen (secondary N) is 1. The summed E-state index contributed by atoms with van der Waals surface area (Å²) in [6.07, 6.45) is 7.97. The van der Waals surface area contributed by atoms with E-state index < -0.39 is 0 Å². The molecule has 4 heteroatoms. The van der Waals surface area contributed by atoms with Crippen molar-refractivity contribution in [1.29, 1.82) is 0 Å². The molecule has 0 bridgehead atoms. The first-order chi connectivity index (χ1) is 11.2. The second-order valence-electron chi connectivity index (χ2n) is 6.10. The average Bonchev–Trinajstić information content (AvgIpc) is 3.00. The normalized spacial score (nSPS) is 15.3. The van der Waals surface area contributed by atoms with E-state index in [1.165, 1.54) is 25.5 Å². The summed E-state index contributed by atoms with van der Waals surface area (Å²) in [6, 6.07) is 9.66. The smallest absolute Gasteiger partial charge is 0.255 e. The molecule has 1 aliphatic rings. The summed E-state index contributed by atoms with van der Waals surface area (Å²) in [7, 11) is 0. The lowest BCUT2D eigenvalue weighted by atomic mass is 9.98. The van der Waals surface area contributed by atoms with Crippen molar-refractivity contribution >= 4 is 5.91 Å². The fourth-order valence-corrected chi connectivity index (χ4v) is 3.00. The lowest BCUT2D eigenvalue weighted by Crippen LogP contribution is -2.23. The molecule has 0 saturated heterocycles. The number of hydrogen-bond donors (Lipinski definition) is 1. The number of benzene rings is 1. The molecule has 23 heavy (non-hydrogen) atoms. The lowest BCUT2D eigenvalue weighted by Gasteiger charge is -2.23. The number of carbonyl (C=O) groups excluding carboxylic acids is 1. The zero-order valence-corrected chi connectivity index (χ0v) is 13.5. The summed E-state index contributed by atoms with van der Waals surface area (Å²) < 4.78 is 11.2. The summed E-state index contributed by atoms with van der Waals surface area (Å²) in [6.45, 7) is 2.26. The molecule has 1 fully saturated rings. The van der Waals surface area contributed by atoms with E-state index in [1.807, 2.05) is 24.3 Å². The van der Waals surface area contributed by atoms with Gasteiger partial charge in [0.2, 0.25) is 0 Å². The van der Waals surface area contributed by atoms with E-state index >= 15 is 0 Å². The largest absolute Gasteiger partial charge is 0.490 e. The van der Waals surface area contributed by atoms with Crippen LogP contribution in [-0.4, -0.2) is 12.0 Å². The summed E-state index contributed by atoms with van der Waals surface area (Å²) in [5.74, 6) is 1.41. The van der Waals surface area contributed by atoms with Gasteiger partial charge in [-0.25, -0.2) is 0 Å². The van der Waals surface area contributed by atoms with Crippen molar-refractivity contribution < 1.29 is 13.9 Å². The second-order valence-corrected chi connectivity index (χ2v) is 6.10. The van der Waals surface area contributed by atoms with Gasteiger partial charge in [-0.2, -0.15) is 0 Å². The number of rotatable bonds is 5. The Morgan fingerprint density at radius 2 is 2.09 bits per heavy atom. The van der Waals surface area contributed by atoms with E-state index in [0.29, 0.717) is 24.0 Å². The zero-order chi connectivity index (χ0) is 16.1. The maximum Gasteiger partial charge on any atom is 0.255 e. The molecule has 2 aromatic rings. The predicted octanol–water partition coefficient (Wildman–Crippen LogP) is 4.23. The Balaban J connectivity index is 1.57. The Hall–Kier alpha value is -2.23. The number of furan rings is 1. The van der Waals surface area contributed by atoms with Gasteiger partial charge in [0.1, 0.15) is 11.5 Å². The molecule has 1 amide bonds. The molecule has 3 rings (SSSR count). The minimum Gasteiger partial charge on any atom is -0.490 e. The third-order valence-corrected chi connectivity index (χ3v) is 4.31. The predicted molar refractivity (Wildman–Crippen MR) is 88.6 cm³/mol. The van der Waals surface area contributed by atoms with Crippen LogP contribution in [0.15, 0.2) is 41.0 Å². The fourth-order valence-electron chi connectivity index (χ4n) is 3.00. The summed E-state index contributed by atoms with van der Waals surface area (Å²) >= 11 is 0. The maximum atomic E-state index is 12.1. The topological polar surface area (TPSA) is 51.5 Å². The van der Waals surface area contributed by atoms with Gasteiger partial charge in [0.15, 0.2) is 0 Å². The summed E-state index contributed by atoms with van der Waals surface area (Å²) in [4.78, 5) is 12.1. The van der Waals surface area contributed by atoms with Crippen molar-refractivity contribution in [3.63, 3.8) is 0 Å². The first-order valence-electron chi connectivity index (χ1n) is 8.30. The van der Waals surface area contributed by atoms with Crippen LogP contribution in [0.5, 0.6) is 5.75 Å². The Labute approximate surface area is 136 Å². The van der Waals surface area contributed by atoms with Crippen molar-refractivity contribution in [3.05, 3.63) is 53.5 Å². The van der Waals surface area contributed by atoms with Crippen LogP contribution in [0.4, 0.5) is 0 Å². The highest BCUT2D eigenvalue weighted by molar-refractivity contribution is 5.94. The van der Waals surface area contributed by atoms with E-state index in [9.17, 15) is 4.79 Å². The lowest BCUT2D eigenvalue weighted by molar-refractivity contribution is 0.0949. The van der Waals surface area contributed by atoms with Gasteiger partial charge in [0.25, 0.3) is 5.91 Å². The summed E-state index contributed by atoms with van der Waals surface area (Å²) in [5, 5.41) is 2.92. The molecule has 0 unspecified atom stereocenters. The molecule has 0 atom stereocenters. The minimum absolute atomic E-state index is 0.116. The Morgan fingerprint density at radius 3 is 2.83 bits per heavy atom. The molecule has 1 aromatic heterocycles. The summed E-state index contributed by atoms with van der Waals surface area (Å²) in [5.41, 5.74) is 1.62. The van der Waals surface area contributed by atoms with E-state index in [1.54, 1.807) is 13.0 Å². The number of hydrogen-bond acceptors (Lipinski definition) is 3. The average molecular weight is 313 g/mol. The third-order valence-electron chi connectivity index (χ3n) is 4.31. The highest BCUT2D eigenvalue weighted by atomic mass is 16.5. The van der Waals surface area contributed by atoms with E-state index in [-0.39, 0.29) is 5.91 Å². The molecule has 1 aliphatic carbocycles. The number of amides is 1.